The molecule has 65 heavy (non-hydrogen) atoms. The molecule has 3 aromatic carbocycles. The smallest absolute Gasteiger partial charge is 0.407 e. The van der Waals surface area contributed by atoms with Crippen molar-refractivity contribution in [1.29, 1.82) is 0 Å². The number of alkyl halides is 2. The van der Waals surface area contributed by atoms with Crippen molar-refractivity contribution in [2.75, 3.05) is 38.4 Å². The molecule has 346 valence electrons. The number of sulfonamides is 1. The second-order valence-corrected chi connectivity index (χ2v) is 19.6. The number of amidine groups is 1. The van der Waals surface area contributed by atoms with E-state index in [-0.39, 0.29) is 57.0 Å². The number of rotatable bonds is 11. The van der Waals surface area contributed by atoms with Gasteiger partial charge in [0.1, 0.15) is 22.4 Å². The molecule has 0 spiro atoms. The zero-order valence-electron chi connectivity index (χ0n) is 36.8. The monoisotopic (exact) mass is 934 g/mol. The Labute approximate surface area is 380 Å². The average Bonchev–Trinajstić information content (AvgIpc) is 3.84. The molecule has 3 heterocycles. The third-order valence-electron chi connectivity index (χ3n) is 11.9. The number of carbonyl (C=O) groups excluding carboxylic acids is 4. The van der Waals surface area contributed by atoms with Gasteiger partial charge in [-0.15, -0.1) is 16.2 Å². The van der Waals surface area contributed by atoms with Crippen LogP contribution < -0.4 is 21.7 Å². The molecule has 0 unspecified atom stereocenters. The summed E-state index contributed by atoms with van der Waals surface area (Å²) in [5.74, 6) is -3.98. The molecule has 5 N–H and O–H groups in total. The Bertz CT molecular complexity index is 2600. The van der Waals surface area contributed by atoms with Crippen LogP contribution in [0.1, 0.15) is 63.6 Å². The lowest BCUT2D eigenvalue weighted by atomic mass is 9.98. The molecule has 16 nitrogen and oxygen atoms in total. The number of aliphatic imine (C=N–C) groups is 1. The minimum Gasteiger partial charge on any atom is -0.453 e. The molecule has 0 saturated carbocycles. The Kier molecular flexibility index (Phi) is 13.6. The van der Waals surface area contributed by atoms with Crippen LogP contribution in [0, 0.1) is 11.8 Å². The number of hydrogen-bond donors (Lipinski definition) is 4. The summed E-state index contributed by atoms with van der Waals surface area (Å²) in [6.45, 7) is 7.96. The van der Waals surface area contributed by atoms with E-state index in [9.17, 15) is 27.6 Å². The maximum absolute atomic E-state index is 16.5. The van der Waals surface area contributed by atoms with Crippen molar-refractivity contribution < 1.29 is 45.9 Å². The highest BCUT2D eigenvalue weighted by Gasteiger charge is 2.45. The molecule has 4 atom stereocenters. The van der Waals surface area contributed by atoms with E-state index in [1.54, 1.807) is 55.3 Å². The van der Waals surface area contributed by atoms with Gasteiger partial charge in [-0.1, -0.05) is 58.0 Å². The molecule has 7 rings (SSSR count). The summed E-state index contributed by atoms with van der Waals surface area (Å²) < 4.78 is 73.6. The van der Waals surface area contributed by atoms with Crippen molar-refractivity contribution >= 4 is 69.2 Å². The van der Waals surface area contributed by atoms with Gasteiger partial charge in [0, 0.05) is 30.4 Å². The van der Waals surface area contributed by atoms with Crippen molar-refractivity contribution in [1.82, 2.24) is 20.4 Å². The van der Waals surface area contributed by atoms with E-state index in [1.807, 2.05) is 13.8 Å². The molecule has 4 amide bonds. The summed E-state index contributed by atoms with van der Waals surface area (Å²) in [6, 6.07) is 11.6. The van der Waals surface area contributed by atoms with Crippen molar-refractivity contribution in [2.45, 2.75) is 81.3 Å². The molecule has 3 aromatic rings. The van der Waals surface area contributed by atoms with Crippen LogP contribution in [0.3, 0.4) is 0 Å². The number of thioether (sulfide) groups is 1. The highest BCUT2D eigenvalue weighted by Crippen LogP contribution is 2.52. The van der Waals surface area contributed by atoms with Crippen LogP contribution in [-0.2, 0) is 35.0 Å². The lowest BCUT2D eigenvalue weighted by molar-refractivity contribution is -0.135. The normalized spacial score (nSPS) is 20.6. The van der Waals surface area contributed by atoms with E-state index < -0.39 is 51.5 Å². The Hall–Kier alpha value is -6.02. The minimum atomic E-state index is -4.24. The van der Waals surface area contributed by atoms with E-state index in [2.05, 4.69) is 25.3 Å². The number of methoxy groups -OCH3 is 2. The van der Waals surface area contributed by atoms with Crippen molar-refractivity contribution in [2.24, 2.45) is 27.0 Å². The van der Waals surface area contributed by atoms with E-state index in [0.29, 0.717) is 59.5 Å². The van der Waals surface area contributed by atoms with Crippen LogP contribution in [-0.4, -0.2) is 111 Å². The number of nitrogens with two attached hydrogens (primary N) is 1. The van der Waals surface area contributed by atoms with Crippen molar-refractivity contribution in [3.05, 3.63) is 77.5 Å². The van der Waals surface area contributed by atoms with Gasteiger partial charge in [0.2, 0.25) is 11.8 Å². The lowest BCUT2D eigenvalue weighted by Crippen LogP contribution is -2.57. The molecule has 0 bridgehead atoms. The number of nitrogens with zero attached hydrogens (tertiary/aromatic N) is 4. The topological polar surface area (TPSA) is 214 Å². The third-order valence-corrected chi connectivity index (χ3v) is 14.5. The second kappa shape index (κ2) is 18.8. The molecule has 1 aliphatic carbocycles. The summed E-state index contributed by atoms with van der Waals surface area (Å²) in [6.07, 6.45) is 3.48. The van der Waals surface area contributed by atoms with Crippen molar-refractivity contribution in [3.63, 3.8) is 0 Å². The Balaban J connectivity index is 1.10. The van der Waals surface area contributed by atoms with E-state index in [0.717, 1.165) is 6.42 Å². The first-order valence-electron chi connectivity index (χ1n) is 21.2. The predicted octanol–water partition coefficient (Wildman–Crippen LogP) is 6.36. The number of likely N-dealkylation sites (tertiary alicyclic amines) is 1. The minimum absolute atomic E-state index is 0.0134. The van der Waals surface area contributed by atoms with Gasteiger partial charge in [-0.2, -0.15) is 17.2 Å². The Morgan fingerprint density at radius 2 is 1.46 bits per heavy atom. The first-order valence-corrected chi connectivity index (χ1v) is 23.7. The van der Waals surface area contributed by atoms with Crippen LogP contribution in [0.15, 0.2) is 75.1 Å². The van der Waals surface area contributed by atoms with Crippen LogP contribution in [0.25, 0.3) is 28.0 Å². The van der Waals surface area contributed by atoms with Crippen LogP contribution in [0.4, 0.5) is 24.1 Å². The SMILES string of the molecule is COC(=O)N[C@H](C(=O)N1CCC[C@H]1C=N/C=C(\N)c1ccc2c(c1)C(F)(F)c1cc(-c3ccc4c(c3)NC([C@@H]3SCCCN3C(=O)[C@@H](NC(=O)OC)C(C)C)=NS4(=O)=O)ccc1-2)C(C)C. The van der Waals surface area contributed by atoms with Gasteiger partial charge in [0.15, 0.2) is 5.84 Å². The highest BCUT2D eigenvalue weighted by atomic mass is 32.2. The summed E-state index contributed by atoms with van der Waals surface area (Å²) in [4.78, 5) is 58.7. The molecule has 3 aliphatic heterocycles. The average molecular weight is 935 g/mol. The molecule has 0 radical (unpaired) electrons. The van der Waals surface area contributed by atoms with Gasteiger partial charge >= 0.3 is 12.2 Å². The summed E-state index contributed by atoms with van der Waals surface area (Å²) in [7, 11) is -1.82. The largest absolute Gasteiger partial charge is 0.453 e. The second-order valence-electron chi connectivity index (χ2n) is 16.8. The maximum Gasteiger partial charge on any atom is 0.407 e. The summed E-state index contributed by atoms with van der Waals surface area (Å²) in [5.41, 5.74) is 8.09. The molecule has 4 aliphatic rings. The number of anilines is 1. The summed E-state index contributed by atoms with van der Waals surface area (Å²) in [5, 5.41) is 7.49. The third kappa shape index (κ3) is 9.41. The number of carbonyl (C=O) groups is 4. The Morgan fingerprint density at radius 1 is 0.877 bits per heavy atom. The van der Waals surface area contributed by atoms with E-state index in [4.69, 9.17) is 15.2 Å². The van der Waals surface area contributed by atoms with Crippen LogP contribution in [0.2, 0.25) is 0 Å². The molecular weight excluding hydrogens is 883 g/mol. The van der Waals surface area contributed by atoms with E-state index in [1.165, 1.54) is 61.3 Å². The molecule has 0 aromatic heterocycles. The first kappa shape index (κ1) is 47.0. The van der Waals surface area contributed by atoms with Gasteiger partial charge in [-0.3, -0.25) is 14.6 Å². The molecule has 20 heteroatoms. The number of fused-ring (bicyclic) bond motifs is 4. The molecule has 2 saturated heterocycles. The lowest BCUT2D eigenvalue weighted by Gasteiger charge is -2.39. The molecular formula is C45H52F2N8O8S2. The van der Waals surface area contributed by atoms with Crippen LogP contribution in [0.5, 0.6) is 0 Å². The van der Waals surface area contributed by atoms with Gasteiger partial charge in [0.25, 0.3) is 15.9 Å². The number of nitrogens with one attached hydrogen (secondary N) is 3. The predicted molar refractivity (Wildman–Crippen MR) is 245 cm³/mol. The highest BCUT2D eigenvalue weighted by molar-refractivity contribution is 8.00. The fourth-order valence-corrected chi connectivity index (χ4v) is 10.8. The van der Waals surface area contributed by atoms with E-state index >= 15 is 8.78 Å². The number of alkyl carbamates (subject to hydrolysis) is 2. The number of halogens is 2. The quantitative estimate of drug-likeness (QED) is 0.155. The zero-order valence-corrected chi connectivity index (χ0v) is 38.4. The van der Waals surface area contributed by atoms with Gasteiger partial charge in [-0.25, -0.2) is 9.59 Å². The van der Waals surface area contributed by atoms with Gasteiger partial charge in [0.05, 0.1) is 37.8 Å². The van der Waals surface area contributed by atoms with Crippen molar-refractivity contribution in [3.8, 4) is 22.3 Å². The fraction of sp³-hybridized carbons (Fsp3) is 0.422. The number of hydrogen-bond acceptors (Lipinski definition) is 12. The van der Waals surface area contributed by atoms with Crippen LogP contribution >= 0.6 is 11.8 Å². The van der Waals surface area contributed by atoms with Gasteiger partial charge in [-0.05, 0) is 88.9 Å². The van der Waals surface area contributed by atoms with Gasteiger partial charge < -0.3 is 41.0 Å². The zero-order chi connectivity index (χ0) is 47.0. The number of amides is 4. The number of benzene rings is 3. The maximum atomic E-state index is 16.5. The standard InChI is InChI=1S/C45H52F2N8O8S2/c1-24(2)37(51-43(58)62-5)40(56)54-16-7-9-29(54)22-49-23-34(48)28-11-14-31-30-13-10-26(19-32(30)45(46,47)33(31)20-28)27-12-15-36-35(21-27)50-39(53-65(36,60)61)42-55(17-8-18-64-42)41(57)38(25(3)4)52-44(59)63-6/h10-15,19-25,29,37-38,42H,7-9,16-18,48H2,1-6H3,(H,50,53)(H,51,58)(H,52,59)/b34-23-,49-22?/t29-,37-,38-,42-/m0/s1. The molecule has 2 fully saturated rings. The summed E-state index contributed by atoms with van der Waals surface area (Å²) >= 11 is 1.33. The fourth-order valence-electron chi connectivity index (χ4n) is 8.42. The Morgan fingerprint density at radius 3 is 2.11 bits per heavy atom. The first-order chi connectivity index (χ1) is 30.9. The number of ether oxygens (including phenoxy) is 2.